The molecule has 1 aliphatic rings. The minimum Gasteiger partial charge on any atom is -0.395 e. The molecule has 19 heavy (non-hydrogen) atoms. The Morgan fingerprint density at radius 2 is 2.11 bits per heavy atom. The maximum atomic E-state index is 9.28. The van der Waals surface area contributed by atoms with Gasteiger partial charge in [0, 0.05) is 19.6 Å². The summed E-state index contributed by atoms with van der Waals surface area (Å²) in [5, 5.41) is 9.28. The summed E-state index contributed by atoms with van der Waals surface area (Å²) in [5.41, 5.74) is 3.28. The van der Waals surface area contributed by atoms with E-state index in [0.717, 1.165) is 43.3 Å². The molecule has 0 aliphatic carbocycles. The SMILES string of the molecule is Cc1ccc2c(c1)nc(N1CCOCC1)n2CCO. The van der Waals surface area contributed by atoms with Gasteiger partial charge in [-0.2, -0.15) is 0 Å². The summed E-state index contributed by atoms with van der Waals surface area (Å²) in [6.07, 6.45) is 0. The average molecular weight is 261 g/mol. The molecule has 0 spiro atoms. The summed E-state index contributed by atoms with van der Waals surface area (Å²) in [7, 11) is 0. The topological polar surface area (TPSA) is 50.5 Å². The van der Waals surface area contributed by atoms with Gasteiger partial charge in [-0.3, -0.25) is 0 Å². The summed E-state index contributed by atoms with van der Waals surface area (Å²) < 4.78 is 7.48. The summed E-state index contributed by atoms with van der Waals surface area (Å²) in [4.78, 5) is 6.97. The predicted molar refractivity (Wildman–Crippen MR) is 74.6 cm³/mol. The van der Waals surface area contributed by atoms with Gasteiger partial charge in [-0.05, 0) is 24.6 Å². The van der Waals surface area contributed by atoms with Crippen molar-refractivity contribution in [1.29, 1.82) is 0 Å². The van der Waals surface area contributed by atoms with Crippen LogP contribution in [0.3, 0.4) is 0 Å². The fraction of sp³-hybridized carbons (Fsp3) is 0.500. The Hall–Kier alpha value is -1.59. The maximum absolute atomic E-state index is 9.28. The van der Waals surface area contributed by atoms with Crippen LogP contribution in [0.5, 0.6) is 0 Å². The van der Waals surface area contributed by atoms with Crippen LogP contribution in [0.2, 0.25) is 0 Å². The first kappa shape index (κ1) is 12.4. The van der Waals surface area contributed by atoms with Crippen LogP contribution in [-0.4, -0.2) is 47.6 Å². The molecule has 3 rings (SSSR count). The molecule has 1 N–H and O–H groups in total. The third kappa shape index (κ3) is 2.31. The van der Waals surface area contributed by atoms with Crippen molar-refractivity contribution in [1.82, 2.24) is 9.55 Å². The number of morpholine rings is 1. The Labute approximate surface area is 112 Å². The lowest BCUT2D eigenvalue weighted by molar-refractivity contribution is 0.121. The van der Waals surface area contributed by atoms with E-state index in [1.54, 1.807) is 0 Å². The monoisotopic (exact) mass is 261 g/mol. The van der Waals surface area contributed by atoms with E-state index < -0.39 is 0 Å². The third-order valence-electron chi connectivity index (χ3n) is 3.50. The lowest BCUT2D eigenvalue weighted by Crippen LogP contribution is -2.38. The Morgan fingerprint density at radius 3 is 2.84 bits per heavy atom. The number of aliphatic hydroxyl groups excluding tert-OH is 1. The van der Waals surface area contributed by atoms with Gasteiger partial charge in [-0.25, -0.2) is 4.98 Å². The highest BCUT2D eigenvalue weighted by Gasteiger charge is 2.19. The van der Waals surface area contributed by atoms with Crippen molar-refractivity contribution in [3.8, 4) is 0 Å². The number of hydrogen-bond donors (Lipinski definition) is 1. The van der Waals surface area contributed by atoms with Crippen molar-refractivity contribution in [3.63, 3.8) is 0 Å². The normalized spacial score (nSPS) is 16.2. The second-order valence-corrected chi connectivity index (χ2v) is 4.88. The van der Waals surface area contributed by atoms with Gasteiger partial charge in [-0.1, -0.05) is 6.07 Å². The third-order valence-corrected chi connectivity index (χ3v) is 3.50. The van der Waals surface area contributed by atoms with Gasteiger partial charge in [0.2, 0.25) is 5.95 Å². The number of ether oxygens (including phenoxy) is 1. The molecule has 102 valence electrons. The smallest absolute Gasteiger partial charge is 0.206 e. The fourth-order valence-electron chi connectivity index (χ4n) is 2.55. The van der Waals surface area contributed by atoms with Crippen molar-refractivity contribution < 1.29 is 9.84 Å². The molecule has 5 nitrogen and oxygen atoms in total. The molecule has 0 unspecified atom stereocenters. The number of aryl methyl sites for hydroxylation is 1. The van der Waals surface area contributed by atoms with Gasteiger partial charge in [-0.15, -0.1) is 0 Å². The van der Waals surface area contributed by atoms with E-state index in [4.69, 9.17) is 9.72 Å². The van der Waals surface area contributed by atoms with Crippen molar-refractivity contribution in [3.05, 3.63) is 23.8 Å². The minimum absolute atomic E-state index is 0.122. The number of rotatable bonds is 3. The number of fused-ring (bicyclic) bond motifs is 1. The van der Waals surface area contributed by atoms with E-state index in [0.29, 0.717) is 6.54 Å². The molecule has 0 saturated carbocycles. The van der Waals surface area contributed by atoms with Crippen molar-refractivity contribution >= 4 is 17.0 Å². The quantitative estimate of drug-likeness (QED) is 0.901. The molecule has 0 radical (unpaired) electrons. The number of nitrogens with zero attached hydrogens (tertiary/aromatic N) is 3. The van der Waals surface area contributed by atoms with Crippen LogP contribution in [0.15, 0.2) is 18.2 Å². The molecule has 0 atom stereocenters. The average Bonchev–Trinajstić information content (AvgIpc) is 2.78. The van der Waals surface area contributed by atoms with Crippen LogP contribution in [0.1, 0.15) is 5.56 Å². The van der Waals surface area contributed by atoms with E-state index in [2.05, 4.69) is 34.6 Å². The molecule has 1 aliphatic heterocycles. The second kappa shape index (κ2) is 5.19. The zero-order valence-electron chi connectivity index (χ0n) is 11.2. The molecule has 0 amide bonds. The first-order chi connectivity index (χ1) is 9.29. The molecule has 2 heterocycles. The molecule has 1 aromatic heterocycles. The van der Waals surface area contributed by atoms with Gasteiger partial charge >= 0.3 is 0 Å². The van der Waals surface area contributed by atoms with E-state index >= 15 is 0 Å². The first-order valence-corrected chi connectivity index (χ1v) is 6.70. The Kier molecular flexibility index (Phi) is 3.40. The van der Waals surface area contributed by atoms with Gasteiger partial charge < -0.3 is 19.3 Å². The first-order valence-electron chi connectivity index (χ1n) is 6.70. The predicted octanol–water partition coefficient (Wildman–Crippen LogP) is 1.17. The van der Waals surface area contributed by atoms with Gasteiger partial charge in [0.05, 0.1) is 30.9 Å². The second-order valence-electron chi connectivity index (χ2n) is 4.88. The number of anilines is 1. The van der Waals surface area contributed by atoms with Crippen LogP contribution < -0.4 is 4.90 Å². The highest BCUT2D eigenvalue weighted by atomic mass is 16.5. The highest BCUT2D eigenvalue weighted by Crippen LogP contribution is 2.24. The summed E-state index contributed by atoms with van der Waals surface area (Å²) in [6.45, 7) is 5.95. The zero-order chi connectivity index (χ0) is 13.2. The number of imidazole rings is 1. The molecular weight excluding hydrogens is 242 g/mol. The van der Waals surface area contributed by atoms with Crippen molar-refractivity contribution in [2.75, 3.05) is 37.8 Å². The Balaban J connectivity index is 2.08. The molecular formula is C14H19N3O2. The summed E-state index contributed by atoms with van der Waals surface area (Å²) in [5.74, 6) is 0.943. The summed E-state index contributed by atoms with van der Waals surface area (Å²) >= 11 is 0. The lowest BCUT2D eigenvalue weighted by Gasteiger charge is -2.28. The molecule has 1 aromatic carbocycles. The van der Waals surface area contributed by atoms with Crippen LogP contribution in [0, 0.1) is 6.92 Å². The molecule has 1 fully saturated rings. The fourth-order valence-corrected chi connectivity index (χ4v) is 2.55. The molecule has 0 bridgehead atoms. The van der Waals surface area contributed by atoms with Crippen LogP contribution in [-0.2, 0) is 11.3 Å². The van der Waals surface area contributed by atoms with E-state index in [-0.39, 0.29) is 6.61 Å². The number of benzene rings is 1. The number of aromatic nitrogens is 2. The number of aliphatic hydroxyl groups is 1. The van der Waals surface area contributed by atoms with Gasteiger partial charge in [0.1, 0.15) is 0 Å². The van der Waals surface area contributed by atoms with Crippen molar-refractivity contribution in [2.24, 2.45) is 0 Å². The van der Waals surface area contributed by atoms with Crippen molar-refractivity contribution in [2.45, 2.75) is 13.5 Å². The zero-order valence-corrected chi connectivity index (χ0v) is 11.2. The largest absolute Gasteiger partial charge is 0.395 e. The number of hydrogen-bond acceptors (Lipinski definition) is 4. The maximum Gasteiger partial charge on any atom is 0.206 e. The van der Waals surface area contributed by atoms with Crippen LogP contribution in [0.25, 0.3) is 11.0 Å². The van der Waals surface area contributed by atoms with E-state index in [1.165, 1.54) is 5.56 Å². The van der Waals surface area contributed by atoms with E-state index in [9.17, 15) is 5.11 Å². The van der Waals surface area contributed by atoms with Gasteiger partial charge in [0.15, 0.2) is 0 Å². The summed E-state index contributed by atoms with van der Waals surface area (Å²) in [6, 6.07) is 6.26. The standard InChI is InChI=1S/C14H19N3O2/c1-11-2-3-13-12(10-11)15-14(17(13)4-7-18)16-5-8-19-9-6-16/h2-3,10,18H,4-9H2,1H3. The Bertz CT molecular complexity index is 573. The van der Waals surface area contributed by atoms with Crippen LogP contribution in [0.4, 0.5) is 5.95 Å². The molecule has 1 saturated heterocycles. The van der Waals surface area contributed by atoms with Crippen LogP contribution >= 0.6 is 0 Å². The minimum atomic E-state index is 0.122. The molecule has 2 aromatic rings. The highest BCUT2D eigenvalue weighted by molar-refractivity contribution is 5.79. The van der Waals surface area contributed by atoms with Gasteiger partial charge in [0.25, 0.3) is 0 Å². The lowest BCUT2D eigenvalue weighted by atomic mass is 10.2. The molecule has 5 heteroatoms. The van der Waals surface area contributed by atoms with E-state index in [1.807, 2.05) is 0 Å². The Morgan fingerprint density at radius 1 is 1.32 bits per heavy atom.